The molecule has 0 amide bonds. The zero-order valence-corrected chi connectivity index (χ0v) is 7.70. The average molecular weight is 192 g/mol. The molecule has 0 bridgehead atoms. The molecule has 1 aromatic heterocycles. The molecule has 0 fully saturated rings. The van der Waals surface area contributed by atoms with Gasteiger partial charge in [-0.2, -0.15) is 0 Å². The maximum Gasteiger partial charge on any atom is 0.323 e. The lowest BCUT2D eigenvalue weighted by molar-refractivity contribution is -0.714. The fourth-order valence-corrected chi connectivity index (χ4v) is 1.28. The summed E-state index contributed by atoms with van der Waals surface area (Å²) in [4.78, 5) is 21.2. The number of H-pyrrole nitrogens is 2. The Morgan fingerprint density at radius 1 is 1.36 bits per heavy atom. The summed E-state index contributed by atoms with van der Waals surface area (Å²) in [6.45, 7) is 3.65. The SMILES string of the molecule is C=[N+](OC)c1ccc2[nH]c(=O)[nH]c2c1. The fourth-order valence-electron chi connectivity index (χ4n) is 1.28. The Morgan fingerprint density at radius 3 is 2.79 bits per heavy atom. The van der Waals surface area contributed by atoms with Crippen LogP contribution in [-0.2, 0) is 4.84 Å². The van der Waals surface area contributed by atoms with E-state index in [1.54, 1.807) is 12.1 Å². The molecule has 1 aromatic carbocycles. The number of fused-ring (bicyclic) bond motifs is 1. The van der Waals surface area contributed by atoms with Gasteiger partial charge in [-0.3, -0.25) is 4.84 Å². The number of nitrogens with zero attached hydrogens (tertiary/aromatic N) is 1. The maximum absolute atomic E-state index is 11.0. The number of imidazole rings is 1. The van der Waals surface area contributed by atoms with E-state index in [-0.39, 0.29) is 5.69 Å². The van der Waals surface area contributed by atoms with Crippen LogP contribution in [0.2, 0.25) is 0 Å². The van der Waals surface area contributed by atoms with Crippen molar-refractivity contribution in [2.75, 3.05) is 7.11 Å². The van der Waals surface area contributed by atoms with Gasteiger partial charge in [0, 0.05) is 16.9 Å². The van der Waals surface area contributed by atoms with Gasteiger partial charge in [-0.15, -0.1) is 0 Å². The molecule has 0 atom stereocenters. The van der Waals surface area contributed by atoms with Gasteiger partial charge in [-0.05, 0) is 6.07 Å². The van der Waals surface area contributed by atoms with Gasteiger partial charge < -0.3 is 9.97 Å². The number of rotatable bonds is 2. The van der Waals surface area contributed by atoms with Crippen molar-refractivity contribution in [3.63, 3.8) is 0 Å². The number of benzene rings is 1. The minimum absolute atomic E-state index is 0.217. The molecule has 72 valence electrons. The van der Waals surface area contributed by atoms with Gasteiger partial charge in [-0.25, -0.2) is 4.79 Å². The molecule has 0 radical (unpaired) electrons. The molecule has 0 aliphatic rings. The first-order valence-corrected chi connectivity index (χ1v) is 4.07. The summed E-state index contributed by atoms with van der Waals surface area (Å²) in [5, 5.41) is 0. The van der Waals surface area contributed by atoms with Crippen LogP contribution >= 0.6 is 0 Å². The lowest BCUT2D eigenvalue weighted by Gasteiger charge is -1.95. The molecule has 5 heteroatoms. The van der Waals surface area contributed by atoms with Crippen LogP contribution in [-0.4, -0.2) is 28.5 Å². The van der Waals surface area contributed by atoms with Crippen LogP contribution < -0.4 is 5.69 Å². The average Bonchev–Trinajstić information content (AvgIpc) is 2.55. The minimum Gasteiger partial charge on any atom is -0.306 e. The van der Waals surface area contributed by atoms with Crippen molar-refractivity contribution in [1.29, 1.82) is 0 Å². The molecule has 0 aliphatic carbocycles. The smallest absolute Gasteiger partial charge is 0.306 e. The first kappa shape index (κ1) is 8.55. The van der Waals surface area contributed by atoms with Crippen molar-refractivity contribution in [3.8, 4) is 0 Å². The predicted molar refractivity (Wildman–Crippen MR) is 53.0 cm³/mol. The second-order valence-electron chi connectivity index (χ2n) is 2.87. The summed E-state index contributed by atoms with van der Waals surface area (Å²) in [7, 11) is 1.52. The van der Waals surface area contributed by atoms with Crippen molar-refractivity contribution in [2.24, 2.45) is 0 Å². The van der Waals surface area contributed by atoms with Gasteiger partial charge in [0.25, 0.3) is 5.69 Å². The Hall–Kier alpha value is -2.04. The van der Waals surface area contributed by atoms with Crippen molar-refractivity contribution in [3.05, 3.63) is 28.7 Å². The molecular formula is C9H10N3O2+. The van der Waals surface area contributed by atoms with E-state index < -0.39 is 0 Å². The summed E-state index contributed by atoms with van der Waals surface area (Å²) in [5.41, 5.74) is 2.06. The van der Waals surface area contributed by atoms with Gasteiger partial charge in [0.2, 0.25) is 0 Å². The maximum atomic E-state index is 11.0. The normalized spacial score (nSPS) is 10.4. The molecule has 5 nitrogen and oxygen atoms in total. The highest BCUT2D eigenvalue weighted by molar-refractivity contribution is 5.77. The molecule has 0 aliphatic heterocycles. The third-order valence-corrected chi connectivity index (χ3v) is 2.01. The first-order chi connectivity index (χ1) is 6.70. The quantitative estimate of drug-likeness (QED) is 0.419. The standard InChI is InChI=1S/C9H9N3O2/c1-12(14-2)6-3-4-7-8(5-6)11-9(13)10-7/h3-5H,1H2,2H3,(H-,10,11,13)/p+1. The molecule has 1 heterocycles. The van der Waals surface area contributed by atoms with Gasteiger partial charge in [0.15, 0.2) is 6.72 Å². The van der Waals surface area contributed by atoms with Crippen LogP contribution in [0.5, 0.6) is 0 Å². The molecule has 0 spiro atoms. The number of hydrogen-bond donors (Lipinski definition) is 2. The van der Waals surface area contributed by atoms with E-state index in [1.165, 1.54) is 11.8 Å². The lowest BCUT2D eigenvalue weighted by atomic mass is 10.3. The van der Waals surface area contributed by atoms with E-state index in [0.29, 0.717) is 0 Å². The number of aromatic amines is 2. The van der Waals surface area contributed by atoms with Gasteiger partial charge in [-0.1, -0.05) is 0 Å². The van der Waals surface area contributed by atoms with Crippen molar-refractivity contribution in [1.82, 2.24) is 9.97 Å². The monoisotopic (exact) mass is 192 g/mol. The van der Waals surface area contributed by atoms with Crippen LogP contribution in [0.3, 0.4) is 0 Å². The van der Waals surface area contributed by atoms with E-state index >= 15 is 0 Å². The van der Waals surface area contributed by atoms with E-state index in [1.807, 2.05) is 6.07 Å². The molecular weight excluding hydrogens is 182 g/mol. The van der Waals surface area contributed by atoms with E-state index in [0.717, 1.165) is 16.7 Å². The van der Waals surface area contributed by atoms with Crippen LogP contribution in [0.15, 0.2) is 23.0 Å². The highest BCUT2D eigenvalue weighted by Gasteiger charge is 2.08. The number of hydrogen-bond acceptors (Lipinski definition) is 2. The lowest BCUT2D eigenvalue weighted by Crippen LogP contribution is -1.99. The minimum atomic E-state index is -0.217. The van der Waals surface area contributed by atoms with Crippen molar-refractivity contribution in [2.45, 2.75) is 0 Å². The molecule has 2 N–H and O–H groups in total. The summed E-state index contributed by atoms with van der Waals surface area (Å²) in [6, 6.07) is 5.38. The zero-order chi connectivity index (χ0) is 10.1. The highest BCUT2D eigenvalue weighted by atomic mass is 16.6. The predicted octanol–water partition coefficient (Wildman–Crippen LogP) is 0.762. The number of nitrogens with one attached hydrogen (secondary N) is 2. The Labute approximate surface area is 79.6 Å². The third kappa shape index (κ3) is 1.28. The molecule has 2 rings (SSSR count). The molecule has 0 unspecified atom stereocenters. The van der Waals surface area contributed by atoms with Crippen molar-refractivity contribution < 1.29 is 9.58 Å². The van der Waals surface area contributed by atoms with E-state index in [4.69, 9.17) is 4.84 Å². The summed E-state index contributed by atoms with van der Waals surface area (Å²) >= 11 is 0. The molecule has 2 aromatic rings. The van der Waals surface area contributed by atoms with E-state index in [2.05, 4.69) is 16.7 Å². The molecule has 0 saturated carbocycles. The summed E-state index contributed by atoms with van der Waals surface area (Å²) < 4.78 is 1.37. The third-order valence-electron chi connectivity index (χ3n) is 2.01. The topological polar surface area (TPSA) is 60.9 Å². The van der Waals surface area contributed by atoms with Gasteiger partial charge in [0.1, 0.15) is 7.11 Å². The van der Waals surface area contributed by atoms with Gasteiger partial charge >= 0.3 is 5.69 Å². The molecule has 14 heavy (non-hydrogen) atoms. The van der Waals surface area contributed by atoms with E-state index in [9.17, 15) is 4.79 Å². The number of aromatic nitrogens is 2. The largest absolute Gasteiger partial charge is 0.323 e. The summed E-state index contributed by atoms with van der Waals surface area (Å²) in [6.07, 6.45) is 0. The Kier molecular flexibility index (Phi) is 1.85. The van der Waals surface area contributed by atoms with Gasteiger partial charge in [0.05, 0.1) is 11.0 Å². The molecule has 0 saturated heterocycles. The van der Waals surface area contributed by atoms with Crippen LogP contribution in [0.25, 0.3) is 11.0 Å². The Morgan fingerprint density at radius 2 is 2.07 bits per heavy atom. The fraction of sp³-hybridized carbons (Fsp3) is 0.111. The van der Waals surface area contributed by atoms with Crippen LogP contribution in [0.1, 0.15) is 0 Å². The zero-order valence-electron chi connectivity index (χ0n) is 7.70. The summed E-state index contributed by atoms with van der Waals surface area (Å²) in [5.74, 6) is 0. The highest BCUT2D eigenvalue weighted by Crippen LogP contribution is 2.16. The Bertz CT molecular complexity index is 538. The second-order valence-corrected chi connectivity index (χ2v) is 2.87. The van der Waals surface area contributed by atoms with Crippen molar-refractivity contribution >= 4 is 23.4 Å². The first-order valence-electron chi connectivity index (χ1n) is 4.07. The van der Waals surface area contributed by atoms with Crippen LogP contribution in [0, 0.1) is 0 Å². The second kappa shape index (κ2) is 3.02. The Balaban J connectivity index is 2.61. The van der Waals surface area contributed by atoms with Crippen LogP contribution in [0.4, 0.5) is 5.69 Å².